The standard InChI is InChI=1S/C25H30N4O3/c1-16-11-21(23(14-26-16)32-15-22(30)17-5-3-2-4-6-17)19-9-10-29-20(12-19)13-24(28-29)27-25(31)18-7-8-18/h9-14,17-18,22,30H,2-8,15H2,1H3,(H,27,28,31). The number of aliphatic hydroxyl groups is 1. The number of pyridine rings is 2. The van der Waals surface area contributed by atoms with Gasteiger partial charge in [-0.05, 0) is 62.3 Å². The van der Waals surface area contributed by atoms with Crippen LogP contribution in [0.5, 0.6) is 5.75 Å². The Morgan fingerprint density at radius 2 is 2.03 bits per heavy atom. The van der Waals surface area contributed by atoms with Crippen molar-refractivity contribution in [2.45, 2.75) is 58.0 Å². The molecule has 1 unspecified atom stereocenters. The second-order valence-corrected chi connectivity index (χ2v) is 9.18. The summed E-state index contributed by atoms with van der Waals surface area (Å²) in [5.41, 5.74) is 3.69. The first-order chi connectivity index (χ1) is 15.6. The third-order valence-electron chi connectivity index (χ3n) is 6.58. The maximum Gasteiger partial charge on any atom is 0.228 e. The molecule has 168 valence electrons. The highest BCUT2D eigenvalue weighted by Gasteiger charge is 2.30. The summed E-state index contributed by atoms with van der Waals surface area (Å²) >= 11 is 0. The molecule has 5 rings (SSSR count). The van der Waals surface area contributed by atoms with Crippen LogP contribution < -0.4 is 10.1 Å². The van der Waals surface area contributed by atoms with Crippen LogP contribution in [0.1, 0.15) is 50.6 Å². The number of hydrogen-bond donors (Lipinski definition) is 2. The molecule has 2 saturated carbocycles. The third kappa shape index (κ3) is 4.63. The lowest BCUT2D eigenvalue weighted by molar-refractivity contribution is -0.117. The van der Waals surface area contributed by atoms with Gasteiger partial charge >= 0.3 is 0 Å². The molecule has 7 nitrogen and oxygen atoms in total. The fourth-order valence-corrected chi connectivity index (χ4v) is 4.51. The molecule has 3 aromatic heterocycles. The topological polar surface area (TPSA) is 88.8 Å². The Labute approximate surface area is 187 Å². The molecule has 1 amide bonds. The van der Waals surface area contributed by atoms with Crippen molar-refractivity contribution in [3.8, 4) is 16.9 Å². The zero-order valence-electron chi connectivity index (χ0n) is 18.5. The lowest BCUT2D eigenvalue weighted by atomic mass is 9.85. The van der Waals surface area contributed by atoms with Crippen LogP contribution in [-0.2, 0) is 4.79 Å². The van der Waals surface area contributed by atoms with Crippen LogP contribution in [0.2, 0.25) is 0 Å². The minimum Gasteiger partial charge on any atom is -0.489 e. The van der Waals surface area contributed by atoms with Gasteiger partial charge < -0.3 is 15.2 Å². The Bertz CT molecular complexity index is 1120. The molecular formula is C25H30N4O3. The molecule has 0 spiro atoms. The number of ether oxygens (including phenoxy) is 1. The first kappa shape index (κ1) is 20.9. The summed E-state index contributed by atoms with van der Waals surface area (Å²) in [6.07, 6.45) is 10.9. The lowest BCUT2D eigenvalue weighted by Crippen LogP contribution is -2.29. The quantitative estimate of drug-likeness (QED) is 0.576. The van der Waals surface area contributed by atoms with Gasteiger partial charge in [-0.3, -0.25) is 9.78 Å². The van der Waals surface area contributed by atoms with Crippen LogP contribution >= 0.6 is 0 Å². The molecule has 0 radical (unpaired) electrons. The van der Waals surface area contributed by atoms with E-state index in [-0.39, 0.29) is 18.4 Å². The van der Waals surface area contributed by atoms with Gasteiger partial charge in [-0.25, -0.2) is 4.52 Å². The predicted molar refractivity (Wildman–Crippen MR) is 123 cm³/mol. The SMILES string of the molecule is Cc1cc(-c2ccn3nc(NC(=O)C4CC4)cc3c2)c(OCC(O)C2CCCCC2)cn1. The number of carbonyl (C=O) groups is 1. The van der Waals surface area contributed by atoms with Gasteiger partial charge in [0.25, 0.3) is 0 Å². The zero-order chi connectivity index (χ0) is 22.1. The van der Waals surface area contributed by atoms with Gasteiger partial charge in [-0.2, -0.15) is 5.10 Å². The lowest BCUT2D eigenvalue weighted by Gasteiger charge is -2.26. The maximum atomic E-state index is 12.1. The Morgan fingerprint density at radius 3 is 2.81 bits per heavy atom. The molecule has 3 heterocycles. The summed E-state index contributed by atoms with van der Waals surface area (Å²) in [4.78, 5) is 16.5. The molecule has 0 aliphatic heterocycles. The number of aryl methyl sites for hydroxylation is 1. The number of anilines is 1. The van der Waals surface area contributed by atoms with E-state index in [1.54, 1.807) is 10.7 Å². The number of hydrogen-bond acceptors (Lipinski definition) is 5. The summed E-state index contributed by atoms with van der Waals surface area (Å²) < 4.78 is 7.83. The van der Waals surface area contributed by atoms with Crippen LogP contribution in [0.25, 0.3) is 16.6 Å². The monoisotopic (exact) mass is 434 g/mol. The first-order valence-electron chi connectivity index (χ1n) is 11.6. The molecule has 32 heavy (non-hydrogen) atoms. The molecule has 7 heteroatoms. The second-order valence-electron chi connectivity index (χ2n) is 9.18. The summed E-state index contributed by atoms with van der Waals surface area (Å²) in [5, 5.41) is 18.0. The van der Waals surface area contributed by atoms with Crippen LogP contribution in [0.3, 0.4) is 0 Å². The normalized spacial score (nSPS) is 17.9. The molecule has 2 N–H and O–H groups in total. The van der Waals surface area contributed by atoms with Gasteiger partial charge in [0.05, 0.1) is 17.8 Å². The number of nitrogens with zero attached hydrogens (tertiary/aromatic N) is 3. The molecule has 1 atom stereocenters. The number of aromatic nitrogens is 3. The summed E-state index contributed by atoms with van der Waals surface area (Å²) in [6.45, 7) is 2.22. The van der Waals surface area contributed by atoms with Crippen molar-refractivity contribution in [3.05, 3.63) is 42.4 Å². The van der Waals surface area contributed by atoms with E-state index in [0.717, 1.165) is 48.0 Å². The van der Waals surface area contributed by atoms with E-state index in [4.69, 9.17) is 4.74 Å². The molecule has 0 saturated heterocycles. The fourth-order valence-electron chi connectivity index (χ4n) is 4.51. The van der Waals surface area contributed by atoms with Gasteiger partial charge in [-0.1, -0.05) is 19.3 Å². The van der Waals surface area contributed by atoms with Crippen LogP contribution in [-0.4, -0.2) is 38.3 Å². The predicted octanol–water partition coefficient (Wildman–Crippen LogP) is 4.37. The van der Waals surface area contributed by atoms with E-state index >= 15 is 0 Å². The largest absolute Gasteiger partial charge is 0.489 e. The van der Waals surface area contributed by atoms with E-state index in [2.05, 4.69) is 15.4 Å². The molecule has 0 bridgehead atoms. The minimum absolute atomic E-state index is 0.0468. The molecule has 3 aromatic rings. The Balaban J connectivity index is 1.35. The zero-order valence-corrected chi connectivity index (χ0v) is 18.5. The van der Waals surface area contributed by atoms with Gasteiger partial charge in [0.2, 0.25) is 5.91 Å². The Morgan fingerprint density at radius 1 is 1.22 bits per heavy atom. The number of aliphatic hydroxyl groups excluding tert-OH is 1. The van der Waals surface area contributed by atoms with Gasteiger partial charge in [0.15, 0.2) is 5.82 Å². The Hall–Kier alpha value is -2.93. The van der Waals surface area contributed by atoms with Gasteiger partial charge in [0.1, 0.15) is 12.4 Å². The highest BCUT2D eigenvalue weighted by atomic mass is 16.5. The highest BCUT2D eigenvalue weighted by molar-refractivity contribution is 5.93. The smallest absolute Gasteiger partial charge is 0.228 e. The van der Waals surface area contributed by atoms with E-state index in [0.29, 0.717) is 17.5 Å². The first-order valence-corrected chi connectivity index (χ1v) is 11.6. The van der Waals surface area contributed by atoms with Gasteiger partial charge in [0, 0.05) is 29.4 Å². The van der Waals surface area contributed by atoms with Crippen molar-refractivity contribution < 1.29 is 14.6 Å². The van der Waals surface area contributed by atoms with Crippen molar-refractivity contribution in [2.24, 2.45) is 11.8 Å². The van der Waals surface area contributed by atoms with Crippen molar-refractivity contribution in [3.63, 3.8) is 0 Å². The number of rotatable bonds is 7. The van der Waals surface area contributed by atoms with Crippen LogP contribution in [0, 0.1) is 18.8 Å². The fraction of sp³-hybridized carbons (Fsp3) is 0.480. The number of carbonyl (C=O) groups excluding carboxylic acids is 1. The van der Waals surface area contributed by atoms with E-state index < -0.39 is 6.10 Å². The highest BCUT2D eigenvalue weighted by Crippen LogP contribution is 2.33. The minimum atomic E-state index is -0.459. The van der Waals surface area contributed by atoms with Crippen molar-refractivity contribution >= 4 is 17.2 Å². The number of fused-ring (bicyclic) bond motifs is 1. The summed E-state index contributed by atoms with van der Waals surface area (Å²) in [6, 6.07) is 7.89. The molecule has 2 aliphatic carbocycles. The van der Waals surface area contributed by atoms with Crippen LogP contribution in [0.15, 0.2) is 36.7 Å². The van der Waals surface area contributed by atoms with Crippen molar-refractivity contribution in [1.82, 2.24) is 14.6 Å². The van der Waals surface area contributed by atoms with E-state index in [1.807, 2.05) is 37.4 Å². The molecule has 0 aromatic carbocycles. The van der Waals surface area contributed by atoms with Crippen LogP contribution in [0.4, 0.5) is 5.82 Å². The van der Waals surface area contributed by atoms with E-state index in [1.165, 1.54) is 19.3 Å². The molecule has 2 fully saturated rings. The van der Waals surface area contributed by atoms with Gasteiger partial charge in [-0.15, -0.1) is 0 Å². The maximum absolute atomic E-state index is 12.1. The van der Waals surface area contributed by atoms with Crippen molar-refractivity contribution in [1.29, 1.82) is 0 Å². The van der Waals surface area contributed by atoms with Crippen molar-refractivity contribution in [2.75, 3.05) is 11.9 Å². The van der Waals surface area contributed by atoms with E-state index in [9.17, 15) is 9.90 Å². The molecular weight excluding hydrogens is 404 g/mol. The molecule has 2 aliphatic rings. The summed E-state index contributed by atoms with van der Waals surface area (Å²) in [7, 11) is 0. The summed E-state index contributed by atoms with van der Waals surface area (Å²) in [5.74, 6) is 1.73. The average molecular weight is 435 g/mol. The number of amides is 1. The average Bonchev–Trinajstić information content (AvgIpc) is 3.59. The second kappa shape index (κ2) is 8.90. The number of nitrogens with one attached hydrogen (secondary N) is 1. The third-order valence-corrected chi connectivity index (χ3v) is 6.58. The Kier molecular flexibility index (Phi) is 5.83.